The van der Waals surface area contributed by atoms with Gasteiger partial charge in [0.2, 0.25) is 0 Å². The highest BCUT2D eigenvalue weighted by Crippen LogP contribution is 2.14. The summed E-state index contributed by atoms with van der Waals surface area (Å²) in [6.07, 6.45) is 1.20. The first-order valence-corrected chi connectivity index (χ1v) is 7.42. The Balaban J connectivity index is 1.74. The molecule has 1 aromatic rings. The second-order valence-electron chi connectivity index (χ2n) is 5.65. The van der Waals surface area contributed by atoms with Crippen LogP contribution in [0.2, 0.25) is 0 Å². The molecular formula is C16H27N3. The topological polar surface area (TPSA) is 27.3 Å². The average Bonchev–Trinajstić information content (AvgIpc) is 2.43. The van der Waals surface area contributed by atoms with Crippen LogP contribution in [0.3, 0.4) is 0 Å². The maximum atomic E-state index is 3.54. The highest BCUT2D eigenvalue weighted by Gasteiger charge is 2.15. The summed E-state index contributed by atoms with van der Waals surface area (Å²) in [6, 6.07) is 7.28. The first kappa shape index (κ1) is 14.4. The number of benzene rings is 1. The first-order chi connectivity index (χ1) is 9.16. The van der Waals surface area contributed by atoms with Gasteiger partial charge in [0, 0.05) is 44.5 Å². The van der Waals surface area contributed by atoms with Crippen molar-refractivity contribution in [2.24, 2.45) is 0 Å². The number of hydrogen-bond donors (Lipinski definition) is 2. The second kappa shape index (κ2) is 6.92. The molecule has 1 aromatic carbocycles. The molecule has 0 aliphatic carbocycles. The van der Waals surface area contributed by atoms with Gasteiger partial charge in [-0.25, -0.2) is 0 Å². The molecule has 1 aliphatic heterocycles. The third-order valence-electron chi connectivity index (χ3n) is 4.17. The predicted molar refractivity (Wildman–Crippen MR) is 82.9 cm³/mol. The standard InChI is InChI=1S/C16H27N3/c1-13-4-5-16(12-14(13)2)18-7-6-15(3)19-10-8-17-9-11-19/h4-5,12,15,17-18H,6-11H2,1-3H3. The Morgan fingerprint density at radius 3 is 2.63 bits per heavy atom. The van der Waals surface area contributed by atoms with Crippen LogP contribution in [0, 0.1) is 13.8 Å². The molecule has 0 bridgehead atoms. The molecule has 2 rings (SSSR count). The molecule has 0 radical (unpaired) electrons. The molecule has 19 heavy (non-hydrogen) atoms. The summed E-state index contributed by atoms with van der Waals surface area (Å²) in [5, 5.41) is 6.95. The number of anilines is 1. The molecule has 0 amide bonds. The first-order valence-electron chi connectivity index (χ1n) is 7.42. The van der Waals surface area contributed by atoms with Gasteiger partial charge in [-0.05, 0) is 50.5 Å². The van der Waals surface area contributed by atoms with Crippen molar-refractivity contribution in [2.45, 2.75) is 33.2 Å². The number of rotatable bonds is 5. The van der Waals surface area contributed by atoms with Crippen LogP contribution in [0.4, 0.5) is 5.69 Å². The fourth-order valence-corrected chi connectivity index (χ4v) is 2.58. The van der Waals surface area contributed by atoms with E-state index in [2.05, 4.69) is 54.5 Å². The van der Waals surface area contributed by atoms with Gasteiger partial charge < -0.3 is 10.6 Å². The molecular weight excluding hydrogens is 234 g/mol. The largest absolute Gasteiger partial charge is 0.385 e. The van der Waals surface area contributed by atoms with Gasteiger partial charge in [0.15, 0.2) is 0 Å². The van der Waals surface area contributed by atoms with E-state index in [1.807, 2.05) is 0 Å². The van der Waals surface area contributed by atoms with Gasteiger partial charge in [-0.1, -0.05) is 6.07 Å². The van der Waals surface area contributed by atoms with Crippen LogP contribution in [0.25, 0.3) is 0 Å². The normalized spacial score (nSPS) is 18.3. The molecule has 1 saturated heterocycles. The van der Waals surface area contributed by atoms with E-state index in [-0.39, 0.29) is 0 Å². The minimum absolute atomic E-state index is 0.668. The van der Waals surface area contributed by atoms with Crippen molar-refractivity contribution < 1.29 is 0 Å². The van der Waals surface area contributed by atoms with Crippen molar-refractivity contribution in [1.29, 1.82) is 0 Å². The van der Waals surface area contributed by atoms with Crippen molar-refractivity contribution in [2.75, 3.05) is 38.0 Å². The summed E-state index contributed by atoms with van der Waals surface area (Å²) in [5.74, 6) is 0. The zero-order valence-corrected chi connectivity index (χ0v) is 12.5. The Labute approximate surface area is 117 Å². The third-order valence-corrected chi connectivity index (χ3v) is 4.17. The van der Waals surface area contributed by atoms with Crippen LogP contribution in [0.1, 0.15) is 24.5 Å². The SMILES string of the molecule is Cc1ccc(NCCC(C)N2CCNCC2)cc1C. The summed E-state index contributed by atoms with van der Waals surface area (Å²) in [7, 11) is 0. The zero-order chi connectivity index (χ0) is 13.7. The summed E-state index contributed by atoms with van der Waals surface area (Å²) >= 11 is 0. The van der Waals surface area contributed by atoms with E-state index >= 15 is 0 Å². The smallest absolute Gasteiger partial charge is 0.0343 e. The van der Waals surface area contributed by atoms with Gasteiger partial charge in [-0.15, -0.1) is 0 Å². The van der Waals surface area contributed by atoms with E-state index in [1.165, 1.54) is 36.3 Å². The molecule has 1 heterocycles. The minimum Gasteiger partial charge on any atom is -0.385 e. The van der Waals surface area contributed by atoms with E-state index in [0.717, 1.165) is 19.6 Å². The van der Waals surface area contributed by atoms with Gasteiger partial charge in [-0.3, -0.25) is 4.90 Å². The Morgan fingerprint density at radius 1 is 1.21 bits per heavy atom. The Hall–Kier alpha value is -1.06. The summed E-state index contributed by atoms with van der Waals surface area (Å²) in [5.41, 5.74) is 3.97. The van der Waals surface area contributed by atoms with E-state index in [4.69, 9.17) is 0 Å². The van der Waals surface area contributed by atoms with Gasteiger partial charge in [0.25, 0.3) is 0 Å². The molecule has 3 nitrogen and oxygen atoms in total. The number of nitrogens with zero attached hydrogens (tertiary/aromatic N) is 1. The quantitative estimate of drug-likeness (QED) is 0.852. The molecule has 1 unspecified atom stereocenters. The molecule has 0 spiro atoms. The maximum absolute atomic E-state index is 3.54. The summed E-state index contributed by atoms with van der Waals surface area (Å²) in [6.45, 7) is 12.4. The minimum atomic E-state index is 0.668. The van der Waals surface area contributed by atoms with Crippen LogP contribution in [-0.4, -0.2) is 43.7 Å². The highest BCUT2D eigenvalue weighted by molar-refractivity contribution is 5.47. The second-order valence-corrected chi connectivity index (χ2v) is 5.65. The van der Waals surface area contributed by atoms with Crippen LogP contribution < -0.4 is 10.6 Å². The van der Waals surface area contributed by atoms with Crippen LogP contribution in [0.15, 0.2) is 18.2 Å². The maximum Gasteiger partial charge on any atom is 0.0343 e. The number of hydrogen-bond acceptors (Lipinski definition) is 3. The lowest BCUT2D eigenvalue weighted by molar-refractivity contribution is 0.179. The molecule has 0 saturated carbocycles. The lowest BCUT2D eigenvalue weighted by Gasteiger charge is -2.32. The molecule has 0 aromatic heterocycles. The Morgan fingerprint density at radius 2 is 1.95 bits per heavy atom. The molecule has 1 fully saturated rings. The van der Waals surface area contributed by atoms with Gasteiger partial charge in [0.1, 0.15) is 0 Å². The lowest BCUT2D eigenvalue weighted by atomic mass is 10.1. The fourth-order valence-electron chi connectivity index (χ4n) is 2.58. The van der Waals surface area contributed by atoms with Gasteiger partial charge >= 0.3 is 0 Å². The molecule has 3 heteroatoms. The molecule has 1 aliphatic rings. The molecule has 2 N–H and O–H groups in total. The zero-order valence-electron chi connectivity index (χ0n) is 12.5. The molecule has 106 valence electrons. The van der Waals surface area contributed by atoms with Crippen molar-refractivity contribution in [1.82, 2.24) is 10.2 Å². The van der Waals surface area contributed by atoms with Crippen molar-refractivity contribution in [3.05, 3.63) is 29.3 Å². The average molecular weight is 261 g/mol. The van der Waals surface area contributed by atoms with Crippen LogP contribution in [0.5, 0.6) is 0 Å². The van der Waals surface area contributed by atoms with Crippen molar-refractivity contribution in [3.8, 4) is 0 Å². The van der Waals surface area contributed by atoms with Crippen LogP contribution >= 0.6 is 0 Å². The summed E-state index contributed by atoms with van der Waals surface area (Å²) in [4.78, 5) is 2.58. The lowest BCUT2D eigenvalue weighted by Crippen LogP contribution is -2.47. The monoisotopic (exact) mass is 261 g/mol. The number of aryl methyl sites for hydroxylation is 2. The third kappa shape index (κ3) is 4.22. The van der Waals surface area contributed by atoms with E-state index in [1.54, 1.807) is 0 Å². The van der Waals surface area contributed by atoms with Gasteiger partial charge in [-0.2, -0.15) is 0 Å². The highest BCUT2D eigenvalue weighted by atomic mass is 15.2. The fraction of sp³-hybridized carbons (Fsp3) is 0.625. The number of piperazine rings is 1. The van der Waals surface area contributed by atoms with E-state index in [0.29, 0.717) is 6.04 Å². The van der Waals surface area contributed by atoms with E-state index in [9.17, 15) is 0 Å². The number of nitrogens with one attached hydrogen (secondary N) is 2. The Bertz CT molecular complexity index is 397. The van der Waals surface area contributed by atoms with E-state index < -0.39 is 0 Å². The van der Waals surface area contributed by atoms with Crippen molar-refractivity contribution >= 4 is 5.69 Å². The van der Waals surface area contributed by atoms with Gasteiger partial charge in [0.05, 0.1) is 0 Å². The predicted octanol–water partition coefficient (Wildman–Crippen LogP) is 2.40. The Kier molecular flexibility index (Phi) is 5.23. The molecule has 1 atom stereocenters. The van der Waals surface area contributed by atoms with Crippen LogP contribution in [-0.2, 0) is 0 Å². The van der Waals surface area contributed by atoms with Crippen molar-refractivity contribution in [3.63, 3.8) is 0 Å². The summed E-state index contributed by atoms with van der Waals surface area (Å²) < 4.78 is 0.